The van der Waals surface area contributed by atoms with Crippen LogP contribution in [0.15, 0.2) is 0 Å². The highest BCUT2D eigenvalue weighted by molar-refractivity contribution is 5.79. The Balaban J connectivity index is 2.20. The fraction of sp³-hybridized carbons (Fsp3) is 0.800. The molecule has 1 aliphatic heterocycles. The second-order valence-corrected chi connectivity index (χ2v) is 4.67. The second-order valence-electron chi connectivity index (χ2n) is 4.67. The summed E-state index contributed by atoms with van der Waals surface area (Å²) < 4.78 is 5.12. The van der Waals surface area contributed by atoms with E-state index in [-0.39, 0.29) is 24.5 Å². The van der Waals surface area contributed by atoms with Gasteiger partial charge >= 0.3 is 5.97 Å². The van der Waals surface area contributed by atoms with Crippen LogP contribution < -0.4 is 10.6 Å². The van der Waals surface area contributed by atoms with Crippen LogP contribution in [-0.2, 0) is 14.3 Å². The molecule has 5 nitrogen and oxygen atoms in total. The number of hydrogen-bond acceptors (Lipinski definition) is 4. The molecule has 0 aromatic rings. The van der Waals surface area contributed by atoms with E-state index in [2.05, 4.69) is 10.6 Å². The van der Waals surface area contributed by atoms with Crippen LogP contribution in [0.4, 0.5) is 0 Å². The maximum absolute atomic E-state index is 11.3. The number of carbonyl (C=O) groups is 2. The number of ether oxygens (including phenoxy) is 1. The van der Waals surface area contributed by atoms with Crippen LogP contribution in [0.25, 0.3) is 0 Å². The van der Waals surface area contributed by atoms with Gasteiger partial charge in [0.1, 0.15) is 5.60 Å². The molecular formula is C10H18N2O3. The molecule has 1 fully saturated rings. The molecule has 0 aromatic heterocycles. The summed E-state index contributed by atoms with van der Waals surface area (Å²) in [6, 6.07) is 0.0463. The Bertz CT molecular complexity index is 258. The Morgan fingerprint density at radius 3 is 2.73 bits per heavy atom. The van der Waals surface area contributed by atoms with Crippen molar-refractivity contribution in [3.05, 3.63) is 0 Å². The molecule has 0 aromatic carbocycles. The van der Waals surface area contributed by atoms with E-state index < -0.39 is 5.60 Å². The quantitative estimate of drug-likeness (QED) is 0.639. The first-order valence-corrected chi connectivity index (χ1v) is 5.09. The molecule has 1 heterocycles. The standard InChI is InChI=1S/C10H18N2O3/c1-10(2,3)15-9(14)6-11-7-4-8(13)12-5-7/h7,11H,4-6H2,1-3H3,(H,12,13). The number of esters is 1. The predicted octanol–water partition coefficient (Wildman–Crippen LogP) is -0.194. The van der Waals surface area contributed by atoms with Crippen molar-refractivity contribution in [2.24, 2.45) is 0 Å². The average Bonchev–Trinajstić information content (AvgIpc) is 2.45. The maximum Gasteiger partial charge on any atom is 0.320 e. The van der Waals surface area contributed by atoms with Gasteiger partial charge in [0, 0.05) is 19.0 Å². The van der Waals surface area contributed by atoms with Gasteiger partial charge in [-0.25, -0.2) is 0 Å². The number of nitrogens with one attached hydrogen (secondary N) is 2. The zero-order chi connectivity index (χ0) is 11.5. The first kappa shape index (κ1) is 12.0. The molecule has 1 aliphatic rings. The lowest BCUT2D eigenvalue weighted by Crippen LogP contribution is -2.38. The van der Waals surface area contributed by atoms with Gasteiger partial charge in [0.2, 0.25) is 5.91 Å². The van der Waals surface area contributed by atoms with Crippen LogP contribution >= 0.6 is 0 Å². The molecule has 0 spiro atoms. The second kappa shape index (κ2) is 4.61. The fourth-order valence-corrected chi connectivity index (χ4v) is 1.35. The van der Waals surface area contributed by atoms with Gasteiger partial charge in [-0.05, 0) is 20.8 Å². The van der Waals surface area contributed by atoms with E-state index in [1.165, 1.54) is 0 Å². The highest BCUT2D eigenvalue weighted by Crippen LogP contribution is 2.06. The van der Waals surface area contributed by atoms with Crippen molar-refractivity contribution in [2.75, 3.05) is 13.1 Å². The molecular weight excluding hydrogens is 196 g/mol. The van der Waals surface area contributed by atoms with Crippen molar-refractivity contribution >= 4 is 11.9 Å². The zero-order valence-electron chi connectivity index (χ0n) is 9.42. The van der Waals surface area contributed by atoms with Gasteiger partial charge in [-0.15, -0.1) is 0 Å². The van der Waals surface area contributed by atoms with E-state index in [9.17, 15) is 9.59 Å². The fourth-order valence-electron chi connectivity index (χ4n) is 1.35. The Morgan fingerprint density at radius 1 is 1.60 bits per heavy atom. The van der Waals surface area contributed by atoms with Gasteiger partial charge in [-0.3, -0.25) is 9.59 Å². The molecule has 0 saturated carbocycles. The lowest BCUT2D eigenvalue weighted by Gasteiger charge is -2.20. The molecule has 0 radical (unpaired) electrons. The van der Waals surface area contributed by atoms with E-state index >= 15 is 0 Å². The van der Waals surface area contributed by atoms with Crippen LogP contribution in [0.2, 0.25) is 0 Å². The van der Waals surface area contributed by atoms with Crippen LogP contribution in [0.3, 0.4) is 0 Å². The molecule has 1 unspecified atom stereocenters. The largest absolute Gasteiger partial charge is 0.459 e. The van der Waals surface area contributed by atoms with E-state index in [1.54, 1.807) is 0 Å². The maximum atomic E-state index is 11.3. The van der Waals surface area contributed by atoms with Gasteiger partial charge in [-0.1, -0.05) is 0 Å². The first-order chi connectivity index (χ1) is 6.87. The van der Waals surface area contributed by atoms with Crippen LogP contribution in [0.5, 0.6) is 0 Å². The minimum Gasteiger partial charge on any atom is -0.459 e. The third kappa shape index (κ3) is 4.78. The summed E-state index contributed by atoms with van der Waals surface area (Å²) in [6.07, 6.45) is 0.433. The molecule has 5 heteroatoms. The van der Waals surface area contributed by atoms with Crippen molar-refractivity contribution in [3.63, 3.8) is 0 Å². The summed E-state index contributed by atoms with van der Waals surface area (Å²) in [5, 5.41) is 5.66. The zero-order valence-corrected chi connectivity index (χ0v) is 9.42. The number of hydrogen-bond donors (Lipinski definition) is 2. The molecule has 86 valence electrons. The third-order valence-electron chi connectivity index (χ3n) is 1.93. The van der Waals surface area contributed by atoms with E-state index in [0.717, 1.165) is 0 Å². The van der Waals surface area contributed by atoms with Crippen molar-refractivity contribution < 1.29 is 14.3 Å². The van der Waals surface area contributed by atoms with Gasteiger partial charge in [0.05, 0.1) is 6.54 Å². The number of amides is 1. The van der Waals surface area contributed by atoms with Crippen LogP contribution in [-0.4, -0.2) is 36.6 Å². The monoisotopic (exact) mass is 214 g/mol. The summed E-state index contributed by atoms with van der Waals surface area (Å²) in [5.41, 5.74) is -0.456. The summed E-state index contributed by atoms with van der Waals surface area (Å²) in [7, 11) is 0. The minimum absolute atomic E-state index is 0.0247. The summed E-state index contributed by atoms with van der Waals surface area (Å²) in [4.78, 5) is 22.2. The summed E-state index contributed by atoms with van der Waals surface area (Å²) in [5.74, 6) is -0.265. The van der Waals surface area contributed by atoms with E-state index in [0.29, 0.717) is 13.0 Å². The topological polar surface area (TPSA) is 67.4 Å². The van der Waals surface area contributed by atoms with E-state index in [4.69, 9.17) is 4.74 Å². The Hall–Kier alpha value is -1.10. The molecule has 2 N–H and O–H groups in total. The van der Waals surface area contributed by atoms with Crippen LogP contribution in [0, 0.1) is 0 Å². The summed E-state index contributed by atoms with van der Waals surface area (Å²) in [6.45, 7) is 6.21. The van der Waals surface area contributed by atoms with Crippen molar-refractivity contribution in [2.45, 2.75) is 38.8 Å². The van der Waals surface area contributed by atoms with Gasteiger partial charge in [0.25, 0.3) is 0 Å². The Morgan fingerprint density at radius 2 is 2.27 bits per heavy atom. The molecule has 1 saturated heterocycles. The predicted molar refractivity (Wildman–Crippen MR) is 55.3 cm³/mol. The molecule has 0 aliphatic carbocycles. The average molecular weight is 214 g/mol. The van der Waals surface area contributed by atoms with Crippen molar-refractivity contribution in [1.29, 1.82) is 0 Å². The lowest BCUT2D eigenvalue weighted by atomic mass is 10.2. The first-order valence-electron chi connectivity index (χ1n) is 5.09. The molecule has 1 atom stereocenters. The van der Waals surface area contributed by atoms with E-state index in [1.807, 2.05) is 20.8 Å². The van der Waals surface area contributed by atoms with Crippen molar-refractivity contribution in [3.8, 4) is 0 Å². The molecule has 0 bridgehead atoms. The Kier molecular flexibility index (Phi) is 3.68. The molecule has 15 heavy (non-hydrogen) atoms. The molecule has 1 rings (SSSR count). The SMILES string of the molecule is CC(C)(C)OC(=O)CNC1CNC(=O)C1. The van der Waals surface area contributed by atoms with Crippen LogP contribution in [0.1, 0.15) is 27.2 Å². The van der Waals surface area contributed by atoms with Gasteiger partial charge < -0.3 is 15.4 Å². The van der Waals surface area contributed by atoms with Crippen molar-refractivity contribution in [1.82, 2.24) is 10.6 Å². The Labute approximate surface area is 89.6 Å². The lowest BCUT2D eigenvalue weighted by molar-refractivity contribution is -0.153. The molecule has 1 amide bonds. The highest BCUT2D eigenvalue weighted by atomic mass is 16.6. The summed E-state index contributed by atoms with van der Waals surface area (Å²) >= 11 is 0. The minimum atomic E-state index is -0.456. The number of rotatable bonds is 3. The van der Waals surface area contributed by atoms with Gasteiger partial charge in [0.15, 0.2) is 0 Å². The number of carbonyl (C=O) groups excluding carboxylic acids is 2. The smallest absolute Gasteiger partial charge is 0.320 e. The third-order valence-corrected chi connectivity index (χ3v) is 1.93. The normalized spacial score (nSPS) is 21.3. The van der Waals surface area contributed by atoms with Gasteiger partial charge in [-0.2, -0.15) is 0 Å². The highest BCUT2D eigenvalue weighted by Gasteiger charge is 2.22.